The summed E-state index contributed by atoms with van der Waals surface area (Å²) in [5.74, 6) is -0.826. The molecule has 4 nitrogen and oxygen atoms in total. The standard InChI is InChI=1S/C13H15BrClNO3/c14-9-1-2-11(15)10(7-9)12(8-13(17)18)16-3-5-19-6-4-16/h1-2,7,12H,3-6,8H2,(H,17,18). The van der Waals surface area contributed by atoms with Crippen LogP contribution in [0.2, 0.25) is 5.02 Å². The van der Waals surface area contributed by atoms with Crippen molar-refractivity contribution in [1.29, 1.82) is 0 Å². The highest BCUT2D eigenvalue weighted by molar-refractivity contribution is 9.10. The summed E-state index contributed by atoms with van der Waals surface area (Å²) < 4.78 is 6.21. The van der Waals surface area contributed by atoms with E-state index in [-0.39, 0.29) is 12.5 Å². The molecule has 0 amide bonds. The van der Waals surface area contributed by atoms with E-state index in [1.165, 1.54) is 0 Å². The Morgan fingerprint density at radius 2 is 2.16 bits per heavy atom. The number of aliphatic carboxylic acids is 1. The molecule has 1 aromatic carbocycles. The van der Waals surface area contributed by atoms with Gasteiger partial charge in [0, 0.05) is 28.6 Å². The Bertz CT molecular complexity index is 463. The zero-order chi connectivity index (χ0) is 13.8. The number of carboxylic acid groups (broad SMARTS) is 1. The summed E-state index contributed by atoms with van der Waals surface area (Å²) in [5, 5.41) is 9.72. The number of halogens is 2. The van der Waals surface area contributed by atoms with Crippen molar-refractivity contribution in [3.05, 3.63) is 33.3 Å². The van der Waals surface area contributed by atoms with Crippen LogP contribution in [0.25, 0.3) is 0 Å². The third-order valence-electron chi connectivity index (χ3n) is 3.17. The first-order valence-corrected chi connectivity index (χ1v) is 7.23. The van der Waals surface area contributed by atoms with Gasteiger partial charge in [-0.2, -0.15) is 0 Å². The third kappa shape index (κ3) is 3.92. The van der Waals surface area contributed by atoms with Gasteiger partial charge in [-0.25, -0.2) is 0 Å². The second kappa shape index (κ2) is 6.70. The lowest BCUT2D eigenvalue weighted by atomic mass is 10.0. The van der Waals surface area contributed by atoms with Crippen LogP contribution in [0.15, 0.2) is 22.7 Å². The summed E-state index contributed by atoms with van der Waals surface area (Å²) in [6.45, 7) is 2.70. The molecule has 1 N–H and O–H groups in total. The summed E-state index contributed by atoms with van der Waals surface area (Å²) in [5.41, 5.74) is 0.848. The molecular formula is C13H15BrClNO3. The number of carbonyl (C=O) groups is 1. The Balaban J connectivity index is 2.29. The van der Waals surface area contributed by atoms with Gasteiger partial charge in [0.15, 0.2) is 0 Å². The number of hydrogen-bond acceptors (Lipinski definition) is 3. The van der Waals surface area contributed by atoms with Crippen LogP contribution in [0.5, 0.6) is 0 Å². The minimum absolute atomic E-state index is 0.0379. The lowest BCUT2D eigenvalue weighted by molar-refractivity contribution is -0.139. The highest BCUT2D eigenvalue weighted by Crippen LogP contribution is 2.33. The first-order chi connectivity index (χ1) is 9.08. The molecule has 0 saturated carbocycles. The number of carboxylic acids is 1. The molecule has 0 radical (unpaired) electrons. The molecule has 0 bridgehead atoms. The fourth-order valence-electron chi connectivity index (χ4n) is 2.26. The van der Waals surface area contributed by atoms with Crippen molar-refractivity contribution >= 4 is 33.5 Å². The van der Waals surface area contributed by atoms with Crippen molar-refractivity contribution in [3.63, 3.8) is 0 Å². The average Bonchev–Trinajstić information content (AvgIpc) is 2.40. The summed E-state index contributed by atoms with van der Waals surface area (Å²) in [6.07, 6.45) is 0.0379. The third-order valence-corrected chi connectivity index (χ3v) is 4.01. The van der Waals surface area contributed by atoms with E-state index < -0.39 is 5.97 Å². The summed E-state index contributed by atoms with van der Waals surface area (Å²) in [7, 11) is 0. The number of rotatable bonds is 4. The Morgan fingerprint density at radius 3 is 2.79 bits per heavy atom. The van der Waals surface area contributed by atoms with Crippen LogP contribution in [0.1, 0.15) is 18.0 Å². The molecule has 1 fully saturated rings. The average molecular weight is 349 g/mol. The molecule has 1 heterocycles. The molecule has 1 atom stereocenters. The molecule has 1 unspecified atom stereocenters. The van der Waals surface area contributed by atoms with Gasteiger partial charge in [0.25, 0.3) is 0 Å². The van der Waals surface area contributed by atoms with E-state index in [4.69, 9.17) is 21.4 Å². The molecule has 1 aliphatic rings. The van der Waals surface area contributed by atoms with E-state index in [1.54, 1.807) is 6.07 Å². The minimum Gasteiger partial charge on any atom is -0.481 e. The van der Waals surface area contributed by atoms with Gasteiger partial charge < -0.3 is 9.84 Å². The van der Waals surface area contributed by atoms with Gasteiger partial charge in [0.1, 0.15) is 0 Å². The monoisotopic (exact) mass is 347 g/mol. The smallest absolute Gasteiger partial charge is 0.305 e. The van der Waals surface area contributed by atoms with Crippen LogP contribution in [0, 0.1) is 0 Å². The second-order valence-electron chi connectivity index (χ2n) is 4.43. The molecule has 0 aromatic heterocycles. The van der Waals surface area contributed by atoms with E-state index in [0.29, 0.717) is 18.2 Å². The van der Waals surface area contributed by atoms with Gasteiger partial charge in [0.05, 0.1) is 19.6 Å². The molecule has 1 saturated heterocycles. The SMILES string of the molecule is O=C(O)CC(c1cc(Br)ccc1Cl)N1CCOCC1. The zero-order valence-corrected chi connectivity index (χ0v) is 12.7. The van der Waals surface area contributed by atoms with Crippen LogP contribution < -0.4 is 0 Å². The number of morpholine rings is 1. The van der Waals surface area contributed by atoms with Crippen LogP contribution in [-0.2, 0) is 9.53 Å². The van der Waals surface area contributed by atoms with Crippen molar-refractivity contribution in [2.24, 2.45) is 0 Å². The van der Waals surface area contributed by atoms with E-state index in [2.05, 4.69) is 20.8 Å². The van der Waals surface area contributed by atoms with Gasteiger partial charge in [-0.1, -0.05) is 27.5 Å². The Kier molecular flexibility index (Phi) is 5.21. The number of benzene rings is 1. The van der Waals surface area contributed by atoms with Crippen LogP contribution in [-0.4, -0.2) is 42.3 Å². The van der Waals surface area contributed by atoms with E-state index in [9.17, 15) is 4.79 Å². The molecule has 0 spiro atoms. The second-order valence-corrected chi connectivity index (χ2v) is 5.75. The fraction of sp³-hybridized carbons (Fsp3) is 0.462. The topological polar surface area (TPSA) is 49.8 Å². The number of hydrogen-bond donors (Lipinski definition) is 1. The molecular weight excluding hydrogens is 334 g/mol. The lowest BCUT2D eigenvalue weighted by Gasteiger charge is -2.34. The van der Waals surface area contributed by atoms with Crippen molar-refractivity contribution in [2.45, 2.75) is 12.5 Å². The van der Waals surface area contributed by atoms with Gasteiger partial charge in [-0.05, 0) is 23.8 Å². The lowest BCUT2D eigenvalue weighted by Crippen LogP contribution is -2.40. The van der Waals surface area contributed by atoms with Crippen molar-refractivity contribution < 1.29 is 14.6 Å². The maximum atomic E-state index is 11.1. The molecule has 19 heavy (non-hydrogen) atoms. The van der Waals surface area contributed by atoms with Crippen LogP contribution >= 0.6 is 27.5 Å². The van der Waals surface area contributed by atoms with Gasteiger partial charge in [0.2, 0.25) is 0 Å². The Morgan fingerprint density at radius 1 is 1.47 bits per heavy atom. The van der Waals surface area contributed by atoms with Gasteiger partial charge in [-0.15, -0.1) is 0 Å². The first kappa shape index (κ1) is 14.8. The summed E-state index contributed by atoms with van der Waals surface area (Å²) in [6, 6.07) is 5.32. The highest BCUT2D eigenvalue weighted by atomic mass is 79.9. The van der Waals surface area contributed by atoms with Crippen molar-refractivity contribution in [2.75, 3.05) is 26.3 Å². The predicted octanol–water partition coefficient (Wildman–Crippen LogP) is 2.95. The van der Waals surface area contributed by atoms with Crippen molar-refractivity contribution in [3.8, 4) is 0 Å². The number of ether oxygens (including phenoxy) is 1. The quantitative estimate of drug-likeness (QED) is 0.909. The van der Waals surface area contributed by atoms with Gasteiger partial charge in [-0.3, -0.25) is 9.69 Å². The summed E-state index contributed by atoms with van der Waals surface area (Å²) in [4.78, 5) is 13.2. The maximum Gasteiger partial charge on any atom is 0.305 e. The Hall–Kier alpha value is -0.620. The molecule has 2 rings (SSSR count). The molecule has 104 valence electrons. The number of nitrogens with zero attached hydrogens (tertiary/aromatic N) is 1. The maximum absolute atomic E-state index is 11.1. The van der Waals surface area contributed by atoms with E-state index in [0.717, 1.165) is 23.1 Å². The summed E-state index contributed by atoms with van der Waals surface area (Å²) >= 11 is 9.63. The van der Waals surface area contributed by atoms with E-state index in [1.807, 2.05) is 12.1 Å². The Labute approximate surface area is 125 Å². The molecule has 1 aliphatic heterocycles. The van der Waals surface area contributed by atoms with Crippen LogP contribution in [0.4, 0.5) is 0 Å². The normalized spacial score (nSPS) is 18.2. The predicted molar refractivity (Wildman–Crippen MR) is 76.5 cm³/mol. The van der Waals surface area contributed by atoms with E-state index >= 15 is 0 Å². The molecule has 1 aromatic rings. The molecule has 6 heteroatoms. The van der Waals surface area contributed by atoms with Gasteiger partial charge >= 0.3 is 5.97 Å². The van der Waals surface area contributed by atoms with Crippen LogP contribution in [0.3, 0.4) is 0 Å². The first-order valence-electron chi connectivity index (χ1n) is 6.06. The highest BCUT2D eigenvalue weighted by Gasteiger charge is 2.26. The molecule has 0 aliphatic carbocycles. The fourth-order valence-corrected chi connectivity index (χ4v) is 2.88. The largest absolute Gasteiger partial charge is 0.481 e. The zero-order valence-electron chi connectivity index (χ0n) is 10.3. The minimum atomic E-state index is -0.826. The van der Waals surface area contributed by atoms with Crippen molar-refractivity contribution in [1.82, 2.24) is 4.90 Å².